The van der Waals surface area contributed by atoms with Crippen LogP contribution in [0.2, 0.25) is 0 Å². The van der Waals surface area contributed by atoms with Crippen LogP contribution in [-0.4, -0.2) is 24.5 Å². The molecule has 1 aromatic heterocycles. The van der Waals surface area contributed by atoms with Gasteiger partial charge >= 0.3 is 0 Å². The SMILES string of the molecule is C=CCN(CC=C)Cc1cc(CNCC)co1. The first kappa shape index (κ1) is 13.7. The second-order valence-electron chi connectivity index (χ2n) is 3.97. The van der Waals surface area contributed by atoms with E-state index in [1.165, 1.54) is 5.56 Å². The van der Waals surface area contributed by atoms with Gasteiger partial charge in [0.15, 0.2) is 0 Å². The fourth-order valence-electron chi connectivity index (χ4n) is 1.66. The van der Waals surface area contributed by atoms with Crippen molar-refractivity contribution in [2.24, 2.45) is 0 Å². The van der Waals surface area contributed by atoms with Crippen LogP contribution in [0.3, 0.4) is 0 Å². The smallest absolute Gasteiger partial charge is 0.118 e. The molecule has 0 bridgehead atoms. The number of hydrogen-bond acceptors (Lipinski definition) is 3. The molecular formula is C14H22N2O. The molecule has 0 saturated carbocycles. The molecule has 0 aromatic carbocycles. The van der Waals surface area contributed by atoms with Crippen molar-refractivity contribution in [1.82, 2.24) is 10.2 Å². The first-order valence-corrected chi connectivity index (χ1v) is 6.01. The zero-order valence-electron chi connectivity index (χ0n) is 10.6. The Balaban J connectivity index is 2.50. The van der Waals surface area contributed by atoms with E-state index >= 15 is 0 Å². The lowest BCUT2D eigenvalue weighted by molar-refractivity contribution is 0.295. The Morgan fingerprint density at radius 1 is 1.35 bits per heavy atom. The lowest BCUT2D eigenvalue weighted by Crippen LogP contribution is -2.22. The van der Waals surface area contributed by atoms with Gasteiger partial charge in [0.25, 0.3) is 0 Å². The summed E-state index contributed by atoms with van der Waals surface area (Å²) in [6, 6.07) is 2.10. The average Bonchev–Trinajstić information content (AvgIpc) is 2.75. The van der Waals surface area contributed by atoms with Gasteiger partial charge in [-0.25, -0.2) is 0 Å². The van der Waals surface area contributed by atoms with Gasteiger partial charge in [-0.1, -0.05) is 19.1 Å². The van der Waals surface area contributed by atoms with E-state index in [9.17, 15) is 0 Å². The fourth-order valence-corrected chi connectivity index (χ4v) is 1.66. The minimum atomic E-state index is 0.796. The lowest BCUT2D eigenvalue weighted by Gasteiger charge is -2.16. The summed E-state index contributed by atoms with van der Waals surface area (Å²) in [7, 11) is 0. The van der Waals surface area contributed by atoms with Gasteiger partial charge in [-0.05, 0) is 12.6 Å². The molecule has 0 unspecified atom stereocenters. The van der Waals surface area contributed by atoms with E-state index in [0.717, 1.165) is 38.5 Å². The first-order chi connectivity index (χ1) is 8.30. The van der Waals surface area contributed by atoms with Gasteiger partial charge in [-0.2, -0.15) is 0 Å². The van der Waals surface area contributed by atoms with E-state index in [0.29, 0.717) is 0 Å². The average molecular weight is 234 g/mol. The normalized spacial score (nSPS) is 10.7. The van der Waals surface area contributed by atoms with Crippen LogP contribution < -0.4 is 5.32 Å². The summed E-state index contributed by atoms with van der Waals surface area (Å²) in [5.41, 5.74) is 1.19. The van der Waals surface area contributed by atoms with Crippen molar-refractivity contribution < 1.29 is 4.42 Å². The Morgan fingerprint density at radius 3 is 2.65 bits per heavy atom. The van der Waals surface area contributed by atoms with Crippen LogP contribution in [0.15, 0.2) is 42.1 Å². The third-order valence-corrected chi connectivity index (χ3v) is 2.44. The monoisotopic (exact) mass is 234 g/mol. The summed E-state index contributed by atoms with van der Waals surface area (Å²) in [6.45, 7) is 13.9. The topological polar surface area (TPSA) is 28.4 Å². The molecule has 3 heteroatoms. The van der Waals surface area contributed by atoms with E-state index in [2.05, 4.69) is 36.4 Å². The van der Waals surface area contributed by atoms with Gasteiger partial charge in [-0.15, -0.1) is 13.2 Å². The van der Waals surface area contributed by atoms with Crippen LogP contribution in [-0.2, 0) is 13.1 Å². The molecule has 3 nitrogen and oxygen atoms in total. The minimum absolute atomic E-state index is 0.796. The van der Waals surface area contributed by atoms with Crippen LogP contribution in [0.1, 0.15) is 18.2 Å². The molecular weight excluding hydrogens is 212 g/mol. The van der Waals surface area contributed by atoms with E-state index < -0.39 is 0 Å². The van der Waals surface area contributed by atoms with Gasteiger partial charge in [0.05, 0.1) is 12.8 Å². The minimum Gasteiger partial charge on any atom is -0.468 e. The second kappa shape index (κ2) is 7.87. The highest BCUT2D eigenvalue weighted by atomic mass is 16.3. The Kier molecular flexibility index (Phi) is 6.37. The summed E-state index contributed by atoms with van der Waals surface area (Å²) >= 11 is 0. The van der Waals surface area contributed by atoms with E-state index in [4.69, 9.17) is 4.42 Å². The molecule has 1 N–H and O–H groups in total. The molecule has 94 valence electrons. The Bertz CT molecular complexity index is 334. The van der Waals surface area contributed by atoms with Crippen molar-refractivity contribution in [3.05, 3.63) is 49.0 Å². The molecule has 1 aromatic rings. The molecule has 0 spiro atoms. The van der Waals surface area contributed by atoms with Crippen molar-refractivity contribution in [2.75, 3.05) is 19.6 Å². The van der Waals surface area contributed by atoms with Crippen molar-refractivity contribution >= 4 is 0 Å². The van der Waals surface area contributed by atoms with Crippen LogP contribution in [0.4, 0.5) is 0 Å². The summed E-state index contributed by atoms with van der Waals surface area (Å²) in [5, 5.41) is 3.28. The summed E-state index contributed by atoms with van der Waals surface area (Å²) in [5.74, 6) is 0.988. The maximum Gasteiger partial charge on any atom is 0.118 e. The third kappa shape index (κ3) is 5.02. The van der Waals surface area contributed by atoms with Crippen molar-refractivity contribution in [1.29, 1.82) is 0 Å². The molecule has 0 aliphatic carbocycles. The third-order valence-electron chi connectivity index (χ3n) is 2.44. The largest absolute Gasteiger partial charge is 0.468 e. The van der Waals surface area contributed by atoms with Gasteiger partial charge in [0.1, 0.15) is 5.76 Å². The quantitative estimate of drug-likeness (QED) is 0.666. The van der Waals surface area contributed by atoms with Crippen LogP contribution >= 0.6 is 0 Å². The molecule has 1 heterocycles. The molecule has 0 amide bonds. The van der Waals surface area contributed by atoms with E-state index in [1.807, 2.05) is 18.4 Å². The number of nitrogens with zero attached hydrogens (tertiary/aromatic N) is 1. The molecule has 0 radical (unpaired) electrons. The van der Waals surface area contributed by atoms with E-state index in [1.54, 1.807) is 0 Å². The number of nitrogens with one attached hydrogen (secondary N) is 1. The first-order valence-electron chi connectivity index (χ1n) is 6.01. The van der Waals surface area contributed by atoms with Gasteiger partial charge in [0.2, 0.25) is 0 Å². The maximum absolute atomic E-state index is 5.53. The second-order valence-corrected chi connectivity index (χ2v) is 3.97. The standard InChI is InChI=1S/C14H22N2O/c1-4-7-16(8-5-2)11-14-9-13(12-17-14)10-15-6-3/h4-5,9,12,15H,1-2,6-8,10-11H2,3H3. The van der Waals surface area contributed by atoms with E-state index in [-0.39, 0.29) is 0 Å². The molecule has 0 aliphatic heterocycles. The predicted molar refractivity (Wildman–Crippen MR) is 71.8 cm³/mol. The van der Waals surface area contributed by atoms with Crippen molar-refractivity contribution in [3.63, 3.8) is 0 Å². The molecule has 17 heavy (non-hydrogen) atoms. The Morgan fingerprint density at radius 2 is 2.06 bits per heavy atom. The Labute approximate surface area is 104 Å². The fraction of sp³-hybridized carbons (Fsp3) is 0.429. The van der Waals surface area contributed by atoms with Crippen LogP contribution in [0, 0.1) is 0 Å². The molecule has 0 atom stereocenters. The molecule has 0 saturated heterocycles. The molecule has 1 rings (SSSR count). The molecule has 0 fully saturated rings. The van der Waals surface area contributed by atoms with Gasteiger partial charge in [-0.3, -0.25) is 4.90 Å². The summed E-state index contributed by atoms with van der Waals surface area (Å²) in [4.78, 5) is 2.22. The van der Waals surface area contributed by atoms with Crippen molar-refractivity contribution in [3.8, 4) is 0 Å². The highest BCUT2D eigenvalue weighted by Crippen LogP contribution is 2.10. The highest BCUT2D eigenvalue weighted by molar-refractivity contribution is 5.12. The number of furan rings is 1. The highest BCUT2D eigenvalue weighted by Gasteiger charge is 2.06. The number of hydrogen-bond donors (Lipinski definition) is 1. The van der Waals surface area contributed by atoms with Crippen LogP contribution in [0.25, 0.3) is 0 Å². The van der Waals surface area contributed by atoms with Gasteiger partial charge < -0.3 is 9.73 Å². The van der Waals surface area contributed by atoms with Crippen LogP contribution in [0.5, 0.6) is 0 Å². The zero-order valence-corrected chi connectivity index (χ0v) is 10.6. The zero-order chi connectivity index (χ0) is 12.5. The summed E-state index contributed by atoms with van der Waals surface area (Å²) in [6.07, 6.45) is 5.61. The molecule has 0 aliphatic rings. The predicted octanol–water partition coefficient (Wildman–Crippen LogP) is 2.56. The maximum atomic E-state index is 5.53. The number of rotatable bonds is 9. The van der Waals surface area contributed by atoms with Crippen molar-refractivity contribution in [2.45, 2.75) is 20.0 Å². The van der Waals surface area contributed by atoms with Gasteiger partial charge in [0, 0.05) is 25.2 Å². The lowest BCUT2D eigenvalue weighted by atomic mass is 10.3. The summed E-state index contributed by atoms with van der Waals surface area (Å²) < 4.78 is 5.53. The Hall–Kier alpha value is -1.32.